The van der Waals surface area contributed by atoms with E-state index >= 15 is 0 Å². The fourth-order valence-corrected chi connectivity index (χ4v) is 3.95. The van der Waals surface area contributed by atoms with Crippen molar-refractivity contribution in [1.29, 1.82) is 0 Å². The molecule has 2 heterocycles. The summed E-state index contributed by atoms with van der Waals surface area (Å²) in [5.74, 6) is 1.37. The third-order valence-corrected chi connectivity index (χ3v) is 5.67. The van der Waals surface area contributed by atoms with E-state index in [0.29, 0.717) is 24.3 Å². The molecule has 0 radical (unpaired) electrons. The molecule has 0 bridgehead atoms. The van der Waals surface area contributed by atoms with Crippen LogP contribution in [0.3, 0.4) is 0 Å². The molecular formula is C15H17ClN2O2S. The molecule has 21 heavy (non-hydrogen) atoms. The molecule has 112 valence electrons. The smallest absolute Gasteiger partial charge is 0.264 e. The van der Waals surface area contributed by atoms with Crippen molar-refractivity contribution in [2.45, 2.75) is 44.2 Å². The van der Waals surface area contributed by atoms with Gasteiger partial charge in [-0.1, -0.05) is 16.8 Å². The first kappa shape index (κ1) is 13.6. The maximum Gasteiger partial charge on any atom is 0.264 e. The molecule has 2 saturated carbocycles. The number of hydrogen-bond acceptors (Lipinski definition) is 4. The molecule has 1 aromatic heterocycles. The van der Waals surface area contributed by atoms with Gasteiger partial charge in [0.1, 0.15) is 5.71 Å². The summed E-state index contributed by atoms with van der Waals surface area (Å²) in [5, 5.41) is 7.26. The molecule has 1 amide bonds. The molecule has 4 nitrogen and oxygen atoms in total. The van der Waals surface area contributed by atoms with Crippen molar-refractivity contribution in [1.82, 2.24) is 5.32 Å². The first-order valence-electron chi connectivity index (χ1n) is 7.49. The minimum atomic E-state index is -0.485. The predicted octanol–water partition coefficient (Wildman–Crippen LogP) is 3.20. The molecule has 1 aromatic rings. The normalized spacial score (nSPS) is 24.9. The van der Waals surface area contributed by atoms with Gasteiger partial charge in [-0.25, -0.2) is 0 Å². The lowest BCUT2D eigenvalue weighted by atomic mass is 10.1. The van der Waals surface area contributed by atoms with Crippen LogP contribution in [0.25, 0.3) is 0 Å². The molecule has 0 unspecified atom stereocenters. The lowest BCUT2D eigenvalue weighted by molar-refractivity contribution is -0.132. The Bertz CT molecular complexity index is 580. The van der Waals surface area contributed by atoms with Gasteiger partial charge in [-0.2, -0.15) is 0 Å². The van der Waals surface area contributed by atoms with E-state index in [1.807, 2.05) is 12.1 Å². The highest BCUT2D eigenvalue weighted by Crippen LogP contribution is 2.44. The van der Waals surface area contributed by atoms with Gasteiger partial charge in [-0.3, -0.25) is 4.79 Å². The van der Waals surface area contributed by atoms with Crippen molar-refractivity contribution < 1.29 is 9.63 Å². The Kier molecular flexibility index (Phi) is 3.42. The molecule has 0 spiro atoms. The van der Waals surface area contributed by atoms with Gasteiger partial charge in [-0.05, 0) is 49.7 Å². The summed E-state index contributed by atoms with van der Waals surface area (Å²) in [6.45, 7) is 0. The molecule has 1 N–H and O–H groups in total. The molecule has 1 aliphatic heterocycles. The predicted molar refractivity (Wildman–Crippen MR) is 82.7 cm³/mol. The average molecular weight is 325 g/mol. The Labute approximate surface area is 132 Å². The van der Waals surface area contributed by atoms with Gasteiger partial charge in [0.25, 0.3) is 5.91 Å². The number of rotatable bonds is 5. The second-order valence-corrected chi connectivity index (χ2v) is 7.86. The van der Waals surface area contributed by atoms with Crippen LogP contribution in [-0.4, -0.2) is 23.8 Å². The Morgan fingerprint density at radius 1 is 1.33 bits per heavy atom. The van der Waals surface area contributed by atoms with Crippen molar-refractivity contribution in [2.75, 3.05) is 0 Å². The van der Waals surface area contributed by atoms with E-state index in [-0.39, 0.29) is 5.91 Å². The van der Waals surface area contributed by atoms with E-state index in [9.17, 15) is 4.79 Å². The second-order valence-electron chi connectivity index (χ2n) is 6.15. The maximum atomic E-state index is 12.4. The van der Waals surface area contributed by atoms with E-state index in [1.165, 1.54) is 37.0 Å². The Morgan fingerprint density at radius 3 is 2.62 bits per heavy atom. The zero-order valence-electron chi connectivity index (χ0n) is 11.5. The topological polar surface area (TPSA) is 50.7 Å². The van der Waals surface area contributed by atoms with Crippen molar-refractivity contribution in [3.63, 3.8) is 0 Å². The van der Waals surface area contributed by atoms with E-state index in [2.05, 4.69) is 10.5 Å². The highest BCUT2D eigenvalue weighted by molar-refractivity contribution is 7.18. The molecule has 0 aromatic carbocycles. The fourth-order valence-electron chi connectivity index (χ4n) is 2.92. The zero-order chi connectivity index (χ0) is 14.4. The van der Waals surface area contributed by atoms with E-state index < -0.39 is 6.10 Å². The molecule has 1 atom stereocenters. The summed E-state index contributed by atoms with van der Waals surface area (Å²) in [7, 11) is 0. The van der Waals surface area contributed by atoms with Crippen LogP contribution >= 0.6 is 22.9 Å². The van der Waals surface area contributed by atoms with Gasteiger partial charge in [0.2, 0.25) is 6.10 Å². The van der Waals surface area contributed by atoms with Crippen LogP contribution in [-0.2, 0) is 9.63 Å². The number of thiophene rings is 1. The standard InChI is InChI=1S/C15H17ClN2O2S/c16-13-6-5-12(21-13)10-7-11(20-18-10)15(19)17-14(8-1-2-8)9-3-4-9/h5-6,8-9,11,14H,1-4,7H2,(H,17,19)/t11-/m0/s1. The molecule has 2 fully saturated rings. The van der Waals surface area contributed by atoms with E-state index in [1.54, 1.807) is 0 Å². The summed E-state index contributed by atoms with van der Waals surface area (Å²) in [4.78, 5) is 18.7. The Hall–Kier alpha value is -1.07. The first-order chi connectivity index (χ1) is 10.2. The number of amides is 1. The van der Waals surface area contributed by atoms with Crippen LogP contribution < -0.4 is 5.32 Å². The Balaban J connectivity index is 1.36. The van der Waals surface area contributed by atoms with E-state index in [0.717, 1.165) is 14.9 Å². The zero-order valence-corrected chi connectivity index (χ0v) is 13.1. The fraction of sp³-hybridized carbons (Fsp3) is 0.600. The third kappa shape index (κ3) is 2.94. The van der Waals surface area contributed by atoms with Crippen LogP contribution in [0.2, 0.25) is 4.34 Å². The summed E-state index contributed by atoms with van der Waals surface area (Å²) in [6.07, 6.45) is 5.06. The number of carbonyl (C=O) groups excluding carboxylic acids is 1. The summed E-state index contributed by atoms with van der Waals surface area (Å²) in [5.41, 5.74) is 0.821. The Morgan fingerprint density at radius 2 is 2.05 bits per heavy atom. The largest absolute Gasteiger partial charge is 0.382 e. The SMILES string of the molecule is O=C(NC(C1CC1)C1CC1)[C@@H]1CC(c2ccc(Cl)s2)=NO1. The molecule has 2 aliphatic carbocycles. The van der Waals surface area contributed by atoms with Gasteiger partial charge in [0.15, 0.2) is 0 Å². The highest BCUT2D eigenvalue weighted by atomic mass is 35.5. The van der Waals surface area contributed by atoms with Gasteiger partial charge < -0.3 is 10.2 Å². The van der Waals surface area contributed by atoms with Crippen LogP contribution in [0.15, 0.2) is 17.3 Å². The monoisotopic (exact) mass is 324 g/mol. The third-order valence-electron chi connectivity index (χ3n) is 4.39. The molecule has 6 heteroatoms. The number of nitrogens with zero attached hydrogens (tertiary/aromatic N) is 1. The minimum absolute atomic E-state index is 0.0137. The lowest BCUT2D eigenvalue weighted by Gasteiger charge is -2.19. The molecular weight excluding hydrogens is 308 g/mol. The van der Waals surface area contributed by atoms with Crippen LogP contribution in [0.5, 0.6) is 0 Å². The van der Waals surface area contributed by atoms with Crippen molar-refractivity contribution in [3.8, 4) is 0 Å². The van der Waals surface area contributed by atoms with Crippen LogP contribution in [0.1, 0.15) is 37.0 Å². The lowest BCUT2D eigenvalue weighted by Crippen LogP contribution is -2.43. The average Bonchev–Trinajstić information content (AvgIpc) is 3.39. The summed E-state index contributed by atoms with van der Waals surface area (Å²) in [6, 6.07) is 4.13. The van der Waals surface area contributed by atoms with Gasteiger partial charge in [0, 0.05) is 12.5 Å². The summed E-state index contributed by atoms with van der Waals surface area (Å²) < 4.78 is 0.725. The van der Waals surface area contributed by atoms with Gasteiger partial charge in [-0.15, -0.1) is 11.3 Å². The van der Waals surface area contributed by atoms with Crippen molar-refractivity contribution in [2.24, 2.45) is 17.0 Å². The maximum absolute atomic E-state index is 12.4. The van der Waals surface area contributed by atoms with Crippen LogP contribution in [0.4, 0.5) is 0 Å². The molecule has 0 saturated heterocycles. The number of oxime groups is 1. The summed E-state index contributed by atoms with van der Waals surface area (Å²) >= 11 is 7.40. The van der Waals surface area contributed by atoms with Gasteiger partial charge >= 0.3 is 0 Å². The molecule has 4 rings (SSSR count). The van der Waals surface area contributed by atoms with Gasteiger partial charge in [0.05, 0.1) is 9.21 Å². The first-order valence-corrected chi connectivity index (χ1v) is 8.69. The van der Waals surface area contributed by atoms with Crippen molar-refractivity contribution in [3.05, 3.63) is 21.3 Å². The number of hydrogen-bond donors (Lipinski definition) is 1. The molecule has 3 aliphatic rings. The van der Waals surface area contributed by atoms with E-state index in [4.69, 9.17) is 16.4 Å². The highest BCUT2D eigenvalue weighted by Gasteiger charge is 2.43. The number of nitrogens with one attached hydrogen (secondary N) is 1. The minimum Gasteiger partial charge on any atom is -0.382 e. The quantitative estimate of drug-likeness (QED) is 0.904. The second kappa shape index (κ2) is 5.29. The number of carbonyl (C=O) groups is 1. The number of halogens is 1. The van der Waals surface area contributed by atoms with Crippen LogP contribution in [0, 0.1) is 11.8 Å². The van der Waals surface area contributed by atoms with Crippen molar-refractivity contribution >= 4 is 34.6 Å².